The summed E-state index contributed by atoms with van der Waals surface area (Å²) < 4.78 is 6.82. The molecule has 3 nitrogen and oxygen atoms in total. The van der Waals surface area contributed by atoms with E-state index in [1.54, 1.807) is 0 Å². The Morgan fingerprint density at radius 1 is 1.16 bits per heavy atom. The van der Waals surface area contributed by atoms with Gasteiger partial charge in [0.2, 0.25) is 0 Å². The van der Waals surface area contributed by atoms with Gasteiger partial charge in [0.05, 0.1) is 6.61 Å². The van der Waals surface area contributed by atoms with Crippen molar-refractivity contribution in [1.82, 2.24) is 9.80 Å². The van der Waals surface area contributed by atoms with E-state index < -0.39 is 0 Å². The van der Waals surface area contributed by atoms with Crippen molar-refractivity contribution in [2.75, 3.05) is 45.9 Å². The van der Waals surface area contributed by atoms with E-state index in [0.29, 0.717) is 0 Å². The molecule has 0 unspecified atom stereocenters. The Bertz CT molecular complexity index is 378. The molecule has 1 aliphatic rings. The van der Waals surface area contributed by atoms with Crippen LogP contribution in [0, 0.1) is 0 Å². The third-order valence-electron chi connectivity index (χ3n) is 3.60. The summed E-state index contributed by atoms with van der Waals surface area (Å²) in [5.74, 6) is 0.949. The highest BCUT2D eigenvalue weighted by Gasteiger charge is 2.14. The molecule has 0 spiro atoms. The molecule has 0 saturated carbocycles. The monoisotopic (exact) mass is 326 g/mol. The molecular weight excluding hydrogens is 304 g/mol. The number of halogens is 1. The number of hydrogen-bond acceptors (Lipinski definition) is 3. The van der Waals surface area contributed by atoms with Crippen LogP contribution >= 0.6 is 15.9 Å². The van der Waals surface area contributed by atoms with Crippen LogP contribution in [0.3, 0.4) is 0 Å². The van der Waals surface area contributed by atoms with Crippen molar-refractivity contribution in [3.63, 3.8) is 0 Å². The average molecular weight is 327 g/mol. The van der Waals surface area contributed by atoms with Crippen molar-refractivity contribution >= 4 is 15.9 Å². The SMILES string of the molecule is CCN1CCN(CCCOc2cccc(Br)c2)CC1. The van der Waals surface area contributed by atoms with Gasteiger partial charge in [-0.15, -0.1) is 0 Å². The third-order valence-corrected chi connectivity index (χ3v) is 4.09. The molecule has 1 aliphatic heterocycles. The number of benzene rings is 1. The second-order valence-corrected chi connectivity index (χ2v) is 5.85. The summed E-state index contributed by atoms with van der Waals surface area (Å²) in [6.07, 6.45) is 1.10. The van der Waals surface area contributed by atoms with Crippen LogP contribution in [0.25, 0.3) is 0 Å². The Hall–Kier alpha value is -0.580. The smallest absolute Gasteiger partial charge is 0.120 e. The molecular formula is C15H23BrN2O. The van der Waals surface area contributed by atoms with Gasteiger partial charge < -0.3 is 14.5 Å². The van der Waals surface area contributed by atoms with Crippen LogP contribution in [0.1, 0.15) is 13.3 Å². The number of ether oxygens (including phenoxy) is 1. The maximum atomic E-state index is 5.75. The molecule has 1 aromatic rings. The molecule has 19 heavy (non-hydrogen) atoms. The zero-order chi connectivity index (χ0) is 13.5. The largest absolute Gasteiger partial charge is 0.494 e. The molecule has 0 aromatic heterocycles. The van der Waals surface area contributed by atoms with Gasteiger partial charge in [-0.05, 0) is 31.2 Å². The number of likely N-dealkylation sites (N-methyl/N-ethyl adjacent to an activating group) is 1. The lowest BCUT2D eigenvalue weighted by Crippen LogP contribution is -2.46. The summed E-state index contributed by atoms with van der Waals surface area (Å²) >= 11 is 3.45. The standard InChI is InChI=1S/C15H23BrN2O/c1-2-17-8-10-18(11-9-17)7-4-12-19-15-6-3-5-14(16)13-15/h3,5-6,13H,2,4,7-12H2,1H3. The van der Waals surface area contributed by atoms with Crippen LogP contribution in [0.4, 0.5) is 0 Å². The second-order valence-electron chi connectivity index (χ2n) is 4.94. The van der Waals surface area contributed by atoms with Crippen LogP contribution < -0.4 is 4.74 Å². The van der Waals surface area contributed by atoms with Gasteiger partial charge in [0, 0.05) is 37.2 Å². The topological polar surface area (TPSA) is 15.7 Å². The zero-order valence-electron chi connectivity index (χ0n) is 11.6. The average Bonchev–Trinajstić information content (AvgIpc) is 2.44. The fraction of sp³-hybridized carbons (Fsp3) is 0.600. The molecule has 1 saturated heterocycles. The van der Waals surface area contributed by atoms with E-state index in [2.05, 4.69) is 32.7 Å². The maximum Gasteiger partial charge on any atom is 0.120 e. The molecule has 1 heterocycles. The van der Waals surface area contributed by atoms with Crippen molar-refractivity contribution in [2.24, 2.45) is 0 Å². The molecule has 0 bridgehead atoms. The van der Waals surface area contributed by atoms with Gasteiger partial charge in [0.25, 0.3) is 0 Å². The van der Waals surface area contributed by atoms with Gasteiger partial charge in [-0.25, -0.2) is 0 Å². The molecule has 106 valence electrons. The number of hydrogen-bond donors (Lipinski definition) is 0. The predicted octanol–water partition coefficient (Wildman–Crippen LogP) is 2.86. The lowest BCUT2D eigenvalue weighted by molar-refractivity contribution is 0.130. The summed E-state index contributed by atoms with van der Waals surface area (Å²) in [7, 11) is 0. The summed E-state index contributed by atoms with van der Waals surface area (Å²) in [6.45, 7) is 10.2. The van der Waals surface area contributed by atoms with Gasteiger partial charge in [-0.1, -0.05) is 28.9 Å². The van der Waals surface area contributed by atoms with Crippen LogP contribution in [-0.4, -0.2) is 55.7 Å². The Kier molecular flexibility index (Phi) is 6.14. The van der Waals surface area contributed by atoms with E-state index in [9.17, 15) is 0 Å². The van der Waals surface area contributed by atoms with E-state index in [4.69, 9.17) is 4.74 Å². The van der Waals surface area contributed by atoms with Crippen molar-refractivity contribution in [3.8, 4) is 5.75 Å². The number of rotatable bonds is 6. The van der Waals surface area contributed by atoms with Crippen molar-refractivity contribution < 1.29 is 4.74 Å². The normalized spacial score (nSPS) is 17.6. The Balaban J connectivity index is 1.60. The van der Waals surface area contributed by atoms with Crippen LogP contribution in [-0.2, 0) is 0 Å². The van der Waals surface area contributed by atoms with Gasteiger partial charge >= 0.3 is 0 Å². The fourth-order valence-corrected chi connectivity index (χ4v) is 2.74. The van der Waals surface area contributed by atoms with E-state index in [-0.39, 0.29) is 0 Å². The molecule has 2 rings (SSSR count). The van der Waals surface area contributed by atoms with Crippen molar-refractivity contribution in [3.05, 3.63) is 28.7 Å². The number of nitrogens with zero attached hydrogens (tertiary/aromatic N) is 2. The highest BCUT2D eigenvalue weighted by Crippen LogP contribution is 2.17. The molecule has 0 aliphatic carbocycles. The summed E-state index contributed by atoms with van der Waals surface area (Å²) in [5, 5.41) is 0. The van der Waals surface area contributed by atoms with Crippen LogP contribution in [0.15, 0.2) is 28.7 Å². The molecule has 4 heteroatoms. The van der Waals surface area contributed by atoms with E-state index in [1.807, 2.05) is 24.3 Å². The highest BCUT2D eigenvalue weighted by molar-refractivity contribution is 9.10. The molecule has 0 amide bonds. The minimum atomic E-state index is 0.796. The lowest BCUT2D eigenvalue weighted by Gasteiger charge is -2.33. The van der Waals surface area contributed by atoms with Gasteiger partial charge in [-0.2, -0.15) is 0 Å². The third kappa shape index (κ3) is 5.13. The van der Waals surface area contributed by atoms with Crippen LogP contribution in [0.2, 0.25) is 0 Å². The van der Waals surface area contributed by atoms with Gasteiger partial charge in [0.15, 0.2) is 0 Å². The van der Waals surface area contributed by atoms with E-state index >= 15 is 0 Å². The maximum absolute atomic E-state index is 5.75. The molecule has 0 radical (unpaired) electrons. The molecule has 0 N–H and O–H groups in total. The van der Waals surface area contributed by atoms with Gasteiger partial charge in [-0.3, -0.25) is 0 Å². The lowest BCUT2D eigenvalue weighted by atomic mass is 10.3. The van der Waals surface area contributed by atoms with E-state index in [0.717, 1.165) is 29.8 Å². The Morgan fingerprint density at radius 2 is 1.89 bits per heavy atom. The Morgan fingerprint density at radius 3 is 2.58 bits per heavy atom. The van der Waals surface area contributed by atoms with Crippen molar-refractivity contribution in [2.45, 2.75) is 13.3 Å². The molecule has 0 atom stereocenters. The minimum Gasteiger partial charge on any atom is -0.494 e. The summed E-state index contributed by atoms with van der Waals surface area (Å²) in [5.41, 5.74) is 0. The first-order valence-electron chi connectivity index (χ1n) is 7.11. The first-order valence-corrected chi connectivity index (χ1v) is 7.90. The van der Waals surface area contributed by atoms with Crippen LogP contribution in [0.5, 0.6) is 5.75 Å². The zero-order valence-corrected chi connectivity index (χ0v) is 13.2. The molecule has 1 fully saturated rings. The second kappa shape index (κ2) is 7.88. The van der Waals surface area contributed by atoms with Gasteiger partial charge in [0.1, 0.15) is 5.75 Å². The summed E-state index contributed by atoms with van der Waals surface area (Å²) in [4.78, 5) is 5.05. The van der Waals surface area contributed by atoms with Crippen molar-refractivity contribution in [1.29, 1.82) is 0 Å². The highest BCUT2D eigenvalue weighted by atomic mass is 79.9. The Labute approximate surface area is 124 Å². The minimum absolute atomic E-state index is 0.796. The fourth-order valence-electron chi connectivity index (χ4n) is 2.36. The van der Waals surface area contributed by atoms with E-state index in [1.165, 1.54) is 32.7 Å². The quantitative estimate of drug-likeness (QED) is 0.747. The number of piperazine rings is 1. The summed E-state index contributed by atoms with van der Waals surface area (Å²) in [6, 6.07) is 8.04. The first kappa shape index (κ1) is 14.8. The molecule has 1 aromatic carbocycles. The first-order chi connectivity index (χ1) is 9.28. The predicted molar refractivity (Wildman–Crippen MR) is 82.8 cm³/mol.